The molecular weight excluding hydrogens is 364 g/mol. The second-order valence-electron chi connectivity index (χ2n) is 6.05. The summed E-state index contributed by atoms with van der Waals surface area (Å²) in [6.07, 6.45) is 0.525. The van der Waals surface area contributed by atoms with Gasteiger partial charge in [-0.3, -0.25) is 4.55 Å². The number of ether oxygens (including phenoxy) is 2. The van der Waals surface area contributed by atoms with Crippen LogP contribution in [0.2, 0.25) is 0 Å². The molecule has 3 aromatic rings. The van der Waals surface area contributed by atoms with Crippen LogP contribution in [0.5, 0.6) is 17.2 Å². The summed E-state index contributed by atoms with van der Waals surface area (Å²) in [6.45, 7) is 2.27. The van der Waals surface area contributed by atoms with Crippen molar-refractivity contribution in [3.8, 4) is 17.2 Å². The molecule has 3 aromatic carbocycles. The van der Waals surface area contributed by atoms with Gasteiger partial charge in [-0.1, -0.05) is 24.3 Å². The van der Waals surface area contributed by atoms with Gasteiger partial charge in [0.05, 0.1) is 11.5 Å². The van der Waals surface area contributed by atoms with Crippen molar-refractivity contribution in [3.63, 3.8) is 0 Å². The van der Waals surface area contributed by atoms with Crippen molar-refractivity contribution in [1.29, 1.82) is 0 Å². The van der Waals surface area contributed by atoms with E-state index in [9.17, 15) is 8.42 Å². The monoisotopic (exact) mass is 384 g/mol. The van der Waals surface area contributed by atoms with E-state index < -0.39 is 10.1 Å². The van der Waals surface area contributed by atoms with E-state index in [1.54, 1.807) is 6.07 Å². The molecule has 0 aromatic heterocycles. The van der Waals surface area contributed by atoms with Gasteiger partial charge in [-0.25, -0.2) is 0 Å². The maximum Gasteiger partial charge on any atom is 0.294 e. The average molecular weight is 384 g/mol. The fourth-order valence-electron chi connectivity index (χ4n) is 2.58. The Labute approximate surface area is 158 Å². The third-order valence-corrected chi connectivity index (χ3v) is 4.91. The van der Waals surface area contributed by atoms with E-state index in [0.29, 0.717) is 24.5 Å². The van der Waals surface area contributed by atoms with Crippen LogP contribution in [0, 0.1) is 6.92 Å². The van der Waals surface area contributed by atoms with Crippen LogP contribution in [0.15, 0.2) is 77.7 Å². The first-order valence-corrected chi connectivity index (χ1v) is 9.88. The van der Waals surface area contributed by atoms with Crippen molar-refractivity contribution in [3.05, 3.63) is 83.9 Å². The summed E-state index contributed by atoms with van der Waals surface area (Å²) in [7, 11) is -4.20. The van der Waals surface area contributed by atoms with E-state index in [2.05, 4.69) is 0 Å². The van der Waals surface area contributed by atoms with E-state index in [1.165, 1.54) is 12.1 Å². The molecule has 5 nitrogen and oxygen atoms in total. The molecular formula is C21H20O5S. The molecule has 140 valence electrons. The van der Waals surface area contributed by atoms with Crippen molar-refractivity contribution in [2.75, 3.05) is 6.61 Å². The fraction of sp³-hybridized carbons (Fsp3) is 0.143. The quantitative estimate of drug-likeness (QED) is 0.600. The molecule has 3 rings (SSSR count). The number of para-hydroxylation sites is 1. The van der Waals surface area contributed by atoms with Crippen LogP contribution in [0.3, 0.4) is 0 Å². The van der Waals surface area contributed by atoms with Gasteiger partial charge in [0.15, 0.2) is 0 Å². The van der Waals surface area contributed by atoms with Gasteiger partial charge in [0.1, 0.15) is 17.2 Å². The third-order valence-electron chi connectivity index (χ3n) is 4.06. The van der Waals surface area contributed by atoms with Crippen LogP contribution in [0.4, 0.5) is 0 Å². The molecule has 0 atom stereocenters. The molecule has 0 aliphatic carbocycles. The van der Waals surface area contributed by atoms with Gasteiger partial charge in [-0.2, -0.15) is 8.42 Å². The lowest BCUT2D eigenvalue weighted by Crippen LogP contribution is -2.05. The van der Waals surface area contributed by atoms with Crippen LogP contribution in [-0.4, -0.2) is 19.6 Å². The summed E-state index contributed by atoms with van der Waals surface area (Å²) >= 11 is 0. The predicted molar refractivity (Wildman–Crippen MR) is 103 cm³/mol. The minimum absolute atomic E-state index is 0.106. The van der Waals surface area contributed by atoms with Crippen LogP contribution >= 0.6 is 0 Å². The van der Waals surface area contributed by atoms with Crippen molar-refractivity contribution in [1.82, 2.24) is 0 Å². The standard InChI is InChI=1S/C21H20O5S/c1-16-7-12-21(27(22,23)24)15-17(16)13-14-25-18-8-10-20(11-9-18)26-19-5-3-2-4-6-19/h2-12,15H,13-14H2,1H3,(H,22,23,24). The Hall–Kier alpha value is -2.83. The van der Waals surface area contributed by atoms with Gasteiger partial charge in [-0.05, 0) is 66.6 Å². The molecule has 0 amide bonds. The third kappa shape index (κ3) is 5.32. The van der Waals surface area contributed by atoms with Gasteiger partial charge < -0.3 is 9.47 Å². The minimum atomic E-state index is -4.20. The first-order valence-electron chi connectivity index (χ1n) is 8.44. The largest absolute Gasteiger partial charge is 0.493 e. The van der Waals surface area contributed by atoms with E-state index in [1.807, 2.05) is 61.5 Å². The molecule has 0 saturated heterocycles. The molecule has 0 saturated carbocycles. The average Bonchev–Trinajstić information content (AvgIpc) is 2.64. The smallest absolute Gasteiger partial charge is 0.294 e. The highest BCUT2D eigenvalue weighted by molar-refractivity contribution is 7.85. The molecule has 6 heteroatoms. The van der Waals surface area contributed by atoms with Crippen molar-refractivity contribution >= 4 is 10.1 Å². The van der Waals surface area contributed by atoms with Crippen molar-refractivity contribution in [2.45, 2.75) is 18.2 Å². The second-order valence-corrected chi connectivity index (χ2v) is 7.47. The summed E-state index contributed by atoms with van der Waals surface area (Å²) in [5.74, 6) is 2.17. The first-order chi connectivity index (χ1) is 12.9. The molecule has 0 spiro atoms. The topological polar surface area (TPSA) is 72.8 Å². The van der Waals surface area contributed by atoms with Crippen LogP contribution in [0.25, 0.3) is 0 Å². The molecule has 0 bridgehead atoms. The number of rotatable bonds is 7. The predicted octanol–water partition coefficient (Wildman–Crippen LogP) is 4.66. The van der Waals surface area contributed by atoms with Crippen LogP contribution < -0.4 is 9.47 Å². The molecule has 1 N–H and O–H groups in total. The maximum absolute atomic E-state index is 11.3. The van der Waals surface area contributed by atoms with Crippen molar-refractivity contribution < 1.29 is 22.4 Å². The molecule has 0 radical (unpaired) electrons. The first kappa shape index (κ1) is 18.9. The van der Waals surface area contributed by atoms with Crippen molar-refractivity contribution in [2.24, 2.45) is 0 Å². The van der Waals surface area contributed by atoms with E-state index >= 15 is 0 Å². The van der Waals surface area contributed by atoms with Gasteiger partial charge in [-0.15, -0.1) is 0 Å². The highest BCUT2D eigenvalue weighted by Crippen LogP contribution is 2.24. The van der Waals surface area contributed by atoms with E-state index in [-0.39, 0.29) is 4.90 Å². The van der Waals surface area contributed by atoms with Gasteiger partial charge in [0, 0.05) is 6.42 Å². The van der Waals surface area contributed by atoms with Gasteiger partial charge in [0.2, 0.25) is 0 Å². The Morgan fingerprint density at radius 1 is 0.852 bits per heavy atom. The molecule has 0 heterocycles. The Balaban J connectivity index is 1.58. The lowest BCUT2D eigenvalue weighted by molar-refractivity contribution is 0.321. The van der Waals surface area contributed by atoms with Gasteiger partial charge >= 0.3 is 0 Å². The molecule has 0 aliphatic heterocycles. The molecule has 27 heavy (non-hydrogen) atoms. The number of benzene rings is 3. The maximum atomic E-state index is 11.3. The normalized spacial score (nSPS) is 11.2. The second kappa shape index (κ2) is 8.24. The highest BCUT2D eigenvalue weighted by atomic mass is 32.2. The Morgan fingerprint density at radius 2 is 1.48 bits per heavy atom. The Morgan fingerprint density at radius 3 is 2.15 bits per heavy atom. The zero-order valence-corrected chi connectivity index (χ0v) is 15.6. The summed E-state index contributed by atoms with van der Waals surface area (Å²) in [5.41, 5.74) is 1.76. The lowest BCUT2D eigenvalue weighted by Gasteiger charge is -2.10. The summed E-state index contributed by atoms with van der Waals surface area (Å²) in [5, 5.41) is 0. The Kier molecular flexibility index (Phi) is 5.78. The lowest BCUT2D eigenvalue weighted by atomic mass is 10.1. The summed E-state index contributed by atoms with van der Waals surface area (Å²) in [4.78, 5) is -0.106. The summed E-state index contributed by atoms with van der Waals surface area (Å²) in [6, 6.07) is 21.3. The summed E-state index contributed by atoms with van der Waals surface area (Å²) < 4.78 is 43.2. The molecule has 0 fully saturated rings. The van der Waals surface area contributed by atoms with E-state index in [0.717, 1.165) is 16.9 Å². The fourth-order valence-corrected chi connectivity index (χ4v) is 3.12. The molecule has 0 aliphatic rings. The number of hydrogen-bond acceptors (Lipinski definition) is 4. The zero-order valence-electron chi connectivity index (χ0n) is 14.8. The zero-order chi connectivity index (χ0) is 19.3. The number of aryl methyl sites for hydroxylation is 1. The van der Waals surface area contributed by atoms with Crippen LogP contribution in [0.1, 0.15) is 11.1 Å². The number of hydrogen-bond donors (Lipinski definition) is 1. The SMILES string of the molecule is Cc1ccc(S(=O)(=O)O)cc1CCOc1ccc(Oc2ccccc2)cc1. The highest BCUT2D eigenvalue weighted by Gasteiger charge is 2.11. The van der Waals surface area contributed by atoms with Crippen LogP contribution in [-0.2, 0) is 16.5 Å². The van der Waals surface area contributed by atoms with Gasteiger partial charge in [0.25, 0.3) is 10.1 Å². The molecule has 0 unspecified atom stereocenters. The minimum Gasteiger partial charge on any atom is -0.493 e. The Bertz CT molecular complexity index is 997. The van der Waals surface area contributed by atoms with E-state index in [4.69, 9.17) is 14.0 Å².